The minimum absolute atomic E-state index is 0.000412. The lowest BCUT2D eigenvalue weighted by Crippen LogP contribution is -2.49. The molecule has 0 spiro atoms. The van der Waals surface area contributed by atoms with Crippen LogP contribution in [-0.2, 0) is 38.8 Å². The summed E-state index contributed by atoms with van der Waals surface area (Å²) in [5, 5.41) is 21.4. The number of hydrogen-bond donors (Lipinski definition) is 3. The highest BCUT2D eigenvalue weighted by Crippen LogP contribution is 2.39. The highest BCUT2D eigenvalue weighted by Gasteiger charge is 2.34. The average Bonchev–Trinajstić information content (AvgIpc) is 3.19. The Bertz CT molecular complexity index is 1720. The van der Waals surface area contributed by atoms with Gasteiger partial charge in [0.1, 0.15) is 0 Å². The van der Waals surface area contributed by atoms with Gasteiger partial charge in [0.15, 0.2) is 6.29 Å². The number of unbranched alkanes of at least 4 members (excludes halogenated alkanes) is 3. The van der Waals surface area contributed by atoms with E-state index in [4.69, 9.17) is 14.6 Å². The summed E-state index contributed by atoms with van der Waals surface area (Å²) in [7, 11) is 0. The fourth-order valence-corrected chi connectivity index (χ4v) is 7.19. The fourth-order valence-electron chi connectivity index (χ4n) is 7.19. The van der Waals surface area contributed by atoms with Crippen molar-refractivity contribution in [1.82, 2.24) is 15.1 Å². The smallest absolute Gasteiger partial charge is 0.303 e. The molecule has 53 heavy (non-hydrogen) atoms. The predicted octanol–water partition coefficient (Wildman–Crippen LogP) is 7.25. The third-order valence-corrected chi connectivity index (χ3v) is 10.3. The number of aliphatic carboxylic acids is 1. The second-order valence-electron chi connectivity index (χ2n) is 14.3. The van der Waals surface area contributed by atoms with Crippen LogP contribution in [0.2, 0.25) is 0 Å². The Hall–Kier alpha value is -4.38. The second kappa shape index (κ2) is 19.6. The lowest BCUT2D eigenvalue weighted by Gasteiger charge is -2.40. The van der Waals surface area contributed by atoms with Crippen LogP contribution in [0.25, 0.3) is 11.1 Å². The molecule has 2 saturated heterocycles. The van der Waals surface area contributed by atoms with Gasteiger partial charge in [0.05, 0.1) is 18.8 Å². The number of amides is 1. The maximum Gasteiger partial charge on any atom is 0.303 e. The van der Waals surface area contributed by atoms with Crippen LogP contribution in [0.1, 0.15) is 85.2 Å². The van der Waals surface area contributed by atoms with E-state index >= 15 is 0 Å². The molecule has 3 N–H and O–H groups in total. The Morgan fingerprint density at radius 3 is 2.08 bits per heavy atom. The van der Waals surface area contributed by atoms with Gasteiger partial charge < -0.3 is 25.0 Å². The number of aliphatic hydroxyl groups is 1. The molecule has 6 rings (SSSR count). The summed E-state index contributed by atoms with van der Waals surface area (Å²) in [6, 6.07) is 35.3. The van der Waals surface area contributed by atoms with Crippen LogP contribution in [0.5, 0.6) is 0 Å². The van der Waals surface area contributed by atoms with Gasteiger partial charge in [0.25, 0.3) is 0 Å². The van der Waals surface area contributed by atoms with Crippen molar-refractivity contribution in [3.63, 3.8) is 0 Å². The molecule has 9 heteroatoms. The van der Waals surface area contributed by atoms with Crippen LogP contribution in [0.3, 0.4) is 0 Å². The monoisotopic (exact) mass is 719 g/mol. The van der Waals surface area contributed by atoms with Gasteiger partial charge in [0.2, 0.25) is 5.91 Å². The van der Waals surface area contributed by atoms with Gasteiger partial charge in [-0.2, -0.15) is 0 Å². The van der Waals surface area contributed by atoms with E-state index in [9.17, 15) is 14.7 Å². The summed E-state index contributed by atoms with van der Waals surface area (Å²) in [5.74, 6) is -0.759. The van der Waals surface area contributed by atoms with Crippen LogP contribution in [-0.4, -0.2) is 70.7 Å². The SMILES string of the molecule is O=C(O)CCCCCCC(=O)NCc1cccc(-c2ccc([C@@H]3O[C@H](CN4CCN(Cc5ccccc5)CC4)C[C@H](c4ccc(CO)cc4)O3)cc2)c1. The number of nitrogens with one attached hydrogen (secondary N) is 1. The van der Waals surface area contributed by atoms with Crippen molar-refractivity contribution in [1.29, 1.82) is 0 Å². The Morgan fingerprint density at radius 1 is 0.679 bits per heavy atom. The first-order valence-corrected chi connectivity index (χ1v) is 19.1. The van der Waals surface area contributed by atoms with Crippen molar-refractivity contribution in [2.45, 2.75) is 83.1 Å². The molecule has 2 aliphatic rings. The van der Waals surface area contributed by atoms with Crippen molar-refractivity contribution in [2.75, 3.05) is 32.7 Å². The first-order valence-electron chi connectivity index (χ1n) is 19.1. The molecule has 4 aromatic carbocycles. The number of carbonyl (C=O) groups is 2. The zero-order valence-electron chi connectivity index (χ0n) is 30.6. The van der Waals surface area contributed by atoms with Crippen molar-refractivity contribution in [3.8, 4) is 11.1 Å². The number of hydrogen-bond acceptors (Lipinski definition) is 7. The summed E-state index contributed by atoms with van der Waals surface area (Å²) in [5.41, 5.74) is 7.45. The zero-order chi connectivity index (χ0) is 36.8. The molecule has 0 unspecified atom stereocenters. The normalized spacial score (nSPS) is 19.5. The molecule has 280 valence electrons. The van der Waals surface area contributed by atoms with Gasteiger partial charge in [0, 0.05) is 70.6 Å². The minimum Gasteiger partial charge on any atom is -0.481 e. The van der Waals surface area contributed by atoms with Gasteiger partial charge in [-0.1, -0.05) is 110 Å². The minimum atomic E-state index is -0.770. The fraction of sp³-hybridized carbons (Fsp3) is 0.409. The highest BCUT2D eigenvalue weighted by atomic mass is 16.7. The van der Waals surface area contributed by atoms with Crippen molar-refractivity contribution in [2.24, 2.45) is 0 Å². The summed E-state index contributed by atoms with van der Waals surface area (Å²) in [4.78, 5) is 28.1. The second-order valence-corrected chi connectivity index (χ2v) is 14.3. The van der Waals surface area contributed by atoms with E-state index in [-0.39, 0.29) is 31.1 Å². The van der Waals surface area contributed by atoms with E-state index in [1.165, 1.54) is 5.56 Å². The summed E-state index contributed by atoms with van der Waals surface area (Å²) >= 11 is 0. The largest absolute Gasteiger partial charge is 0.481 e. The van der Waals surface area contributed by atoms with E-state index in [0.29, 0.717) is 19.4 Å². The summed E-state index contributed by atoms with van der Waals surface area (Å²) in [6.07, 6.45) is 3.84. The number of piperazine rings is 1. The summed E-state index contributed by atoms with van der Waals surface area (Å²) < 4.78 is 13.3. The van der Waals surface area contributed by atoms with Crippen LogP contribution in [0, 0.1) is 0 Å². The van der Waals surface area contributed by atoms with E-state index in [1.54, 1.807) is 0 Å². The molecule has 0 aliphatic carbocycles. The van der Waals surface area contributed by atoms with Gasteiger partial charge in [-0.3, -0.25) is 19.4 Å². The molecule has 0 saturated carbocycles. The Balaban J connectivity index is 1.05. The van der Waals surface area contributed by atoms with Gasteiger partial charge >= 0.3 is 5.97 Å². The quantitative estimate of drug-likeness (QED) is 0.0980. The van der Waals surface area contributed by atoms with Crippen molar-refractivity contribution < 1.29 is 29.3 Å². The molecule has 2 fully saturated rings. The lowest BCUT2D eigenvalue weighted by atomic mass is 9.98. The Morgan fingerprint density at radius 2 is 1.36 bits per heavy atom. The molecular weight excluding hydrogens is 666 g/mol. The third kappa shape index (κ3) is 11.8. The van der Waals surface area contributed by atoms with Gasteiger partial charge in [-0.05, 0) is 52.3 Å². The number of nitrogens with zero attached hydrogens (tertiary/aromatic N) is 2. The molecule has 4 aromatic rings. The molecule has 0 bridgehead atoms. The van der Waals surface area contributed by atoms with Crippen molar-refractivity contribution >= 4 is 11.9 Å². The molecule has 0 aromatic heterocycles. The third-order valence-electron chi connectivity index (χ3n) is 10.3. The first-order chi connectivity index (χ1) is 25.9. The molecular formula is C44H53N3O6. The molecule has 9 nitrogen and oxygen atoms in total. The molecule has 1 amide bonds. The number of benzene rings is 4. The van der Waals surface area contributed by atoms with E-state index in [0.717, 1.165) is 98.3 Å². The number of carboxylic acid groups (broad SMARTS) is 1. The van der Waals surface area contributed by atoms with E-state index in [1.807, 2.05) is 24.3 Å². The molecule has 0 radical (unpaired) electrons. The predicted molar refractivity (Wildman–Crippen MR) is 206 cm³/mol. The van der Waals surface area contributed by atoms with Crippen LogP contribution in [0.4, 0.5) is 0 Å². The van der Waals surface area contributed by atoms with Crippen LogP contribution in [0.15, 0.2) is 103 Å². The Kier molecular flexibility index (Phi) is 14.2. The molecule has 3 atom stereocenters. The number of carboxylic acids is 1. The molecule has 2 aliphatic heterocycles. The standard InChI is InChI=1S/C44H53N3O6/c48-32-34-15-17-37(18-16-34)41-28-40(31-47-25-23-46(24-26-47)30-33-9-4-3-5-10-33)52-44(53-41)38-21-19-36(20-22-38)39-12-8-11-35(27-39)29-45-42(49)13-6-1-2-7-14-43(50)51/h3-5,8-12,15-22,27,40-41,44,48H,1-2,6-7,13-14,23-26,28-32H2,(H,45,49)(H,50,51)/t40-,41+,44+/m0/s1. The maximum absolute atomic E-state index is 12.4. The lowest BCUT2D eigenvalue weighted by molar-refractivity contribution is -0.253. The van der Waals surface area contributed by atoms with Crippen LogP contribution >= 0.6 is 0 Å². The topological polar surface area (TPSA) is 112 Å². The molecule has 2 heterocycles. The summed E-state index contributed by atoms with van der Waals surface area (Å²) in [6.45, 7) is 6.35. The number of ether oxygens (including phenoxy) is 2. The zero-order valence-corrected chi connectivity index (χ0v) is 30.6. The Labute approximate surface area is 313 Å². The number of aliphatic hydroxyl groups excluding tert-OH is 1. The average molecular weight is 720 g/mol. The maximum atomic E-state index is 12.4. The number of carbonyl (C=O) groups excluding carboxylic acids is 1. The van der Waals surface area contributed by atoms with Crippen molar-refractivity contribution in [3.05, 3.63) is 131 Å². The number of rotatable bonds is 17. The van der Waals surface area contributed by atoms with Crippen LogP contribution < -0.4 is 5.32 Å². The van der Waals surface area contributed by atoms with E-state index in [2.05, 4.69) is 94.0 Å². The van der Waals surface area contributed by atoms with Gasteiger partial charge in [-0.15, -0.1) is 0 Å². The first kappa shape index (κ1) is 38.3. The van der Waals surface area contributed by atoms with Gasteiger partial charge in [-0.25, -0.2) is 0 Å². The van der Waals surface area contributed by atoms with E-state index < -0.39 is 12.3 Å². The highest BCUT2D eigenvalue weighted by molar-refractivity contribution is 5.76.